The minimum absolute atomic E-state index is 0.0544. The van der Waals surface area contributed by atoms with E-state index < -0.39 is 16.5 Å². The second kappa shape index (κ2) is 4.85. The number of rotatable bonds is 2. The van der Waals surface area contributed by atoms with Crippen LogP contribution in [0.15, 0.2) is 18.2 Å². The third-order valence-electron chi connectivity index (χ3n) is 3.50. The predicted octanol–water partition coefficient (Wildman–Crippen LogP) is 4.48. The molecule has 0 spiro atoms. The molecule has 1 nitrogen and oxygen atoms in total. The van der Waals surface area contributed by atoms with Gasteiger partial charge in [0.05, 0.1) is 10.3 Å². The topological polar surface area (TPSA) is 17.1 Å². The van der Waals surface area contributed by atoms with Crippen LogP contribution in [0.4, 0.5) is 13.2 Å². The lowest BCUT2D eigenvalue weighted by molar-refractivity contribution is -0.137. The first-order valence-electron chi connectivity index (χ1n) is 6.11. The fourth-order valence-electron chi connectivity index (χ4n) is 2.34. The number of alkyl halides is 3. The first kappa shape index (κ1) is 14.4. The van der Waals surface area contributed by atoms with Gasteiger partial charge in [-0.15, -0.1) is 11.8 Å². The molecule has 0 amide bonds. The molecular formula is C14H15F3OS. The monoisotopic (exact) mass is 288 g/mol. The van der Waals surface area contributed by atoms with Crippen molar-refractivity contribution < 1.29 is 18.0 Å². The van der Waals surface area contributed by atoms with Crippen molar-refractivity contribution in [3.8, 4) is 0 Å². The first-order chi connectivity index (χ1) is 8.74. The summed E-state index contributed by atoms with van der Waals surface area (Å²) >= 11 is 1.59. The Morgan fingerprint density at radius 3 is 2.53 bits per heavy atom. The van der Waals surface area contributed by atoms with Crippen LogP contribution in [-0.4, -0.2) is 16.3 Å². The molecule has 1 unspecified atom stereocenters. The minimum atomic E-state index is -4.36. The van der Waals surface area contributed by atoms with Gasteiger partial charge in [-0.1, -0.05) is 6.07 Å². The summed E-state index contributed by atoms with van der Waals surface area (Å²) in [6.07, 6.45) is -2.60. The van der Waals surface area contributed by atoms with Crippen LogP contribution in [0.25, 0.3) is 0 Å². The number of ketones is 1. The van der Waals surface area contributed by atoms with Crippen molar-refractivity contribution in [1.29, 1.82) is 0 Å². The van der Waals surface area contributed by atoms with Crippen molar-refractivity contribution in [3.05, 3.63) is 34.9 Å². The number of hydrogen-bond acceptors (Lipinski definition) is 2. The van der Waals surface area contributed by atoms with E-state index >= 15 is 0 Å². The summed E-state index contributed by atoms with van der Waals surface area (Å²) in [6, 6.07) is 3.35. The molecule has 1 aromatic carbocycles. The summed E-state index contributed by atoms with van der Waals surface area (Å²) in [7, 11) is 0. The van der Waals surface area contributed by atoms with Gasteiger partial charge in [0.25, 0.3) is 0 Å². The smallest absolute Gasteiger partial charge is 0.293 e. The maximum Gasteiger partial charge on any atom is 0.416 e. The molecule has 104 valence electrons. The van der Waals surface area contributed by atoms with Gasteiger partial charge >= 0.3 is 6.18 Å². The molecule has 1 fully saturated rings. The highest BCUT2D eigenvalue weighted by molar-refractivity contribution is 8.01. The molecule has 0 saturated carbocycles. The highest BCUT2D eigenvalue weighted by Gasteiger charge is 2.39. The van der Waals surface area contributed by atoms with Gasteiger partial charge in [-0.25, -0.2) is 0 Å². The van der Waals surface area contributed by atoms with Gasteiger partial charge in [-0.2, -0.15) is 13.2 Å². The van der Waals surface area contributed by atoms with E-state index in [0.29, 0.717) is 11.1 Å². The van der Waals surface area contributed by atoms with Crippen molar-refractivity contribution in [2.45, 2.75) is 37.6 Å². The van der Waals surface area contributed by atoms with Gasteiger partial charge < -0.3 is 0 Å². The molecule has 1 aliphatic heterocycles. The lowest BCUT2D eigenvalue weighted by Crippen LogP contribution is -2.29. The molecule has 5 heteroatoms. The molecule has 1 aromatic rings. The van der Waals surface area contributed by atoms with Gasteiger partial charge in [0, 0.05) is 5.56 Å². The highest BCUT2D eigenvalue weighted by Crippen LogP contribution is 2.41. The Kier molecular flexibility index (Phi) is 3.69. The Balaban J connectivity index is 2.34. The molecule has 0 radical (unpaired) electrons. The standard InChI is InChI=1S/C14H15F3OS/c1-9-8-10(14(15,16)17)4-5-11(9)12(18)13(2)6-3-7-19-13/h4-5,8H,3,6-7H2,1-2H3. The highest BCUT2D eigenvalue weighted by atomic mass is 32.2. The maximum absolute atomic E-state index is 12.6. The van der Waals surface area contributed by atoms with Crippen LogP contribution in [-0.2, 0) is 6.18 Å². The number of Topliss-reactive ketones (excluding diaryl/α,β-unsaturated/α-hetero) is 1. The minimum Gasteiger partial charge on any atom is -0.293 e. The molecule has 0 aromatic heterocycles. The zero-order valence-corrected chi connectivity index (χ0v) is 11.6. The van der Waals surface area contributed by atoms with E-state index in [1.807, 2.05) is 6.92 Å². The van der Waals surface area contributed by atoms with Crippen LogP contribution < -0.4 is 0 Å². The molecule has 0 bridgehead atoms. The summed E-state index contributed by atoms with van der Waals surface area (Å²) in [6.45, 7) is 3.44. The van der Waals surface area contributed by atoms with Crippen molar-refractivity contribution in [3.63, 3.8) is 0 Å². The number of aryl methyl sites for hydroxylation is 1. The van der Waals surface area contributed by atoms with Crippen LogP contribution in [0, 0.1) is 6.92 Å². The molecule has 1 atom stereocenters. The number of halogens is 3. The van der Waals surface area contributed by atoms with Crippen LogP contribution >= 0.6 is 11.8 Å². The summed E-state index contributed by atoms with van der Waals surface area (Å²) in [5, 5.41) is 0. The Morgan fingerprint density at radius 1 is 1.37 bits per heavy atom. The van der Waals surface area contributed by atoms with Crippen LogP contribution in [0.5, 0.6) is 0 Å². The third kappa shape index (κ3) is 2.81. The maximum atomic E-state index is 12.6. The number of hydrogen-bond donors (Lipinski definition) is 0. The molecule has 19 heavy (non-hydrogen) atoms. The Hall–Kier alpha value is -0.970. The molecule has 1 heterocycles. The quantitative estimate of drug-likeness (QED) is 0.746. The van der Waals surface area contributed by atoms with Crippen molar-refractivity contribution in [2.75, 3.05) is 5.75 Å². The van der Waals surface area contributed by atoms with Crippen LogP contribution in [0.1, 0.15) is 41.3 Å². The number of carbonyl (C=O) groups is 1. The van der Waals surface area contributed by atoms with Crippen molar-refractivity contribution >= 4 is 17.5 Å². The Bertz CT molecular complexity index is 502. The van der Waals surface area contributed by atoms with Crippen molar-refractivity contribution in [1.82, 2.24) is 0 Å². The first-order valence-corrected chi connectivity index (χ1v) is 7.09. The van der Waals surface area contributed by atoms with Gasteiger partial charge in [0.1, 0.15) is 0 Å². The van der Waals surface area contributed by atoms with E-state index in [2.05, 4.69) is 0 Å². The molecule has 0 aliphatic carbocycles. The van der Waals surface area contributed by atoms with Crippen LogP contribution in [0.2, 0.25) is 0 Å². The fraction of sp³-hybridized carbons (Fsp3) is 0.500. The zero-order valence-electron chi connectivity index (χ0n) is 10.8. The molecule has 2 rings (SSSR count). The van der Waals surface area contributed by atoms with Crippen LogP contribution in [0.3, 0.4) is 0 Å². The number of carbonyl (C=O) groups excluding carboxylic acids is 1. The molecular weight excluding hydrogens is 273 g/mol. The van der Waals surface area contributed by atoms with E-state index in [1.54, 1.807) is 18.7 Å². The number of benzene rings is 1. The van der Waals surface area contributed by atoms with Gasteiger partial charge in [-0.05, 0) is 50.1 Å². The second-order valence-electron chi connectivity index (χ2n) is 5.04. The van der Waals surface area contributed by atoms with E-state index in [-0.39, 0.29) is 5.78 Å². The normalized spacial score (nSPS) is 23.6. The Labute approximate surface area is 114 Å². The average Bonchev–Trinajstić information content (AvgIpc) is 2.75. The summed E-state index contributed by atoms with van der Waals surface area (Å²) in [5.41, 5.74) is 0.101. The summed E-state index contributed by atoms with van der Waals surface area (Å²) < 4.78 is 37.3. The summed E-state index contributed by atoms with van der Waals surface area (Å²) in [5.74, 6) is 0.878. The van der Waals surface area contributed by atoms with E-state index in [4.69, 9.17) is 0 Å². The van der Waals surface area contributed by atoms with Gasteiger partial charge in [0.15, 0.2) is 5.78 Å². The number of thioether (sulfide) groups is 1. The average molecular weight is 288 g/mol. The second-order valence-corrected chi connectivity index (χ2v) is 6.64. The lowest BCUT2D eigenvalue weighted by Gasteiger charge is -2.22. The van der Waals surface area contributed by atoms with E-state index in [0.717, 1.165) is 30.7 Å². The molecule has 1 aliphatic rings. The Morgan fingerprint density at radius 2 is 2.05 bits per heavy atom. The largest absolute Gasteiger partial charge is 0.416 e. The van der Waals surface area contributed by atoms with Gasteiger partial charge in [0.2, 0.25) is 0 Å². The third-order valence-corrected chi connectivity index (χ3v) is 5.02. The van der Waals surface area contributed by atoms with Crippen molar-refractivity contribution in [2.24, 2.45) is 0 Å². The van der Waals surface area contributed by atoms with Gasteiger partial charge in [-0.3, -0.25) is 4.79 Å². The predicted molar refractivity (Wildman–Crippen MR) is 70.6 cm³/mol. The zero-order chi connectivity index (χ0) is 14.3. The molecule has 1 saturated heterocycles. The SMILES string of the molecule is Cc1cc(C(F)(F)F)ccc1C(=O)C1(C)CCCS1. The summed E-state index contributed by atoms with van der Waals surface area (Å²) in [4.78, 5) is 12.4. The van der Waals surface area contributed by atoms with E-state index in [1.165, 1.54) is 6.07 Å². The van der Waals surface area contributed by atoms with E-state index in [9.17, 15) is 18.0 Å². The fourth-order valence-corrected chi connectivity index (χ4v) is 3.61. The molecule has 0 N–H and O–H groups in total. The lowest BCUT2D eigenvalue weighted by atomic mass is 9.91.